The summed E-state index contributed by atoms with van der Waals surface area (Å²) in [6.45, 7) is 8.04. The van der Waals surface area contributed by atoms with Crippen LogP contribution in [0.15, 0.2) is 0 Å². The Morgan fingerprint density at radius 2 is 2.00 bits per heavy atom. The average molecular weight is 258 g/mol. The number of hydrogen-bond donors (Lipinski definition) is 0. The first-order chi connectivity index (χ1) is 8.29. The van der Waals surface area contributed by atoms with Crippen LogP contribution in [0.4, 0.5) is 0 Å². The molecule has 0 bridgehead atoms. The lowest BCUT2D eigenvalue weighted by atomic mass is 10.0. The van der Waals surface area contributed by atoms with Gasteiger partial charge in [-0.1, -0.05) is 13.3 Å². The summed E-state index contributed by atoms with van der Waals surface area (Å²) in [5.74, 6) is 1.67. The molecule has 2 aliphatic rings. The molecule has 0 aromatic rings. The molecule has 4 heteroatoms. The Kier molecular flexibility index (Phi) is 5.45. The molecular formula is C13H26N2OS. The van der Waals surface area contributed by atoms with Crippen LogP contribution in [0.2, 0.25) is 0 Å². The van der Waals surface area contributed by atoms with Gasteiger partial charge in [0.25, 0.3) is 0 Å². The molecule has 2 heterocycles. The summed E-state index contributed by atoms with van der Waals surface area (Å²) in [5.41, 5.74) is 0. The molecule has 0 aromatic carbocycles. The van der Waals surface area contributed by atoms with Gasteiger partial charge in [-0.3, -0.25) is 9.11 Å². The van der Waals surface area contributed by atoms with Crippen LogP contribution in [0.5, 0.6) is 0 Å². The van der Waals surface area contributed by atoms with Gasteiger partial charge in [-0.2, -0.15) is 0 Å². The van der Waals surface area contributed by atoms with Crippen molar-refractivity contribution in [1.29, 1.82) is 0 Å². The number of piperidine rings is 1. The van der Waals surface area contributed by atoms with Gasteiger partial charge >= 0.3 is 0 Å². The van der Waals surface area contributed by atoms with Crippen molar-refractivity contribution in [2.45, 2.75) is 38.6 Å². The number of hydrogen-bond acceptors (Lipinski definition) is 3. The normalized spacial score (nSPS) is 29.6. The molecule has 17 heavy (non-hydrogen) atoms. The van der Waals surface area contributed by atoms with Crippen molar-refractivity contribution in [1.82, 2.24) is 9.80 Å². The molecule has 0 radical (unpaired) electrons. The minimum atomic E-state index is -0.599. The summed E-state index contributed by atoms with van der Waals surface area (Å²) >= 11 is 0. The second-order valence-corrected chi connectivity index (χ2v) is 7.14. The molecule has 2 atom stereocenters. The van der Waals surface area contributed by atoms with E-state index in [2.05, 4.69) is 9.80 Å². The molecule has 2 saturated heterocycles. The van der Waals surface area contributed by atoms with E-state index in [1.807, 2.05) is 6.92 Å². The van der Waals surface area contributed by atoms with Crippen molar-refractivity contribution in [2.24, 2.45) is 0 Å². The van der Waals surface area contributed by atoms with Gasteiger partial charge in [0.1, 0.15) is 0 Å². The highest BCUT2D eigenvalue weighted by Gasteiger charge is 2.26. The quantitative estimate of drug-likeness (QED) is 0.760. The van der Waals surface area contributed by atoms with Crippen LogP contribution in [0.1, 0.15) is 32.6 Å². The van der Waals surface area contributed by atoms with Gasteiger partial charge in [-0.05, 0) is 38.9 Å². The zero-order chi connectivity index (χ0) is 12.1. The van der Waals surface area contributed by atoms with Crippen molar-refractivity contribution in [3.05, 3.63) is 0 Å². The molecule has 100 valence electrons. The van der Waals surface area contributed by atoms with E-state index in [4.69, 9.17) is 0 Å². The molecule has 2 rings (SSSR count). The predicted octanol–water partition coefficient (Wildman–Crippen LogP) is 1.32. The standard InChI is InChI=1S/C13H26N2OS/c1-2-17(16)11-10-14-7-5-9-15-8-4-3-6-13(15)12-14/h13H,2-12H2,1H3. The molecule has 0 aliphatic carbocycles. The van der Waals surface area contributed by atoms with Gasteiger partial charge < -0.3 is 4.90 Å². The van der Waals surface area contributed by atoms with Crippen LogP contribution in [-0.4, -0.2) is 64.3 Å². The third-order valence-corrected chi connectivity index (χ3v) is 5.38. The summed E-state index contributed by atoms with van der Waals surface area (Å²) in [6, 6.07) is 0.779. The molecule has 0 amide bonds. The van der Waals surface area contributed by atoms with Gasteiger partial charge in [0, 0.05) is 41.4 Å². The van der Waals surface area contributed by atoms with E-state index in [0.29, 0.717) is 0 Å². The largest absolute Gasteiger partial charge is 0.301 e. The molecule has 0 N–H and O–H groups in total. The second-order valence-electron chi connectivity index (χ2n) is 5.27. The fourth-order valence-corrected chi connectivity index (χ4v) is 3.78. The smallest absolute Gasteiger partial charge is 0.0362 e. The number of nitrogens with zero attached hydrogens (tertiary/aromatic N) is 2. The van der Waals surface area contributed by atoms with Crippen molar-refractivity contribution >= 4 is 10.8 Å². The lowest BCUT2D eigenvalue weighted by molar-refractivity contribution is 0.139. The Bertz CT molecular complexity index is 260. The summed E-state index contributed by atoms with van der Waals surface area (Å²) in [6.07, 6.45) is 5.44. The lowest BCUT2D eigenvalue weighted by Gasteiger charge is -2.35. The molecule has 2 aliphatic heterocycles. The van der Waals surface area contributed by atoms with E-state index in [0.717, 1.165) is 24.1 Å². The number of rotatable bonds is 4. The van der Waals surface area contributed by atoms with Crippen LogP contribution in [0, 0.1) is 0 Å². The SMILES string of the molecule is CCS(=O)CCN1CCCN2CCCCC2C1. The third kappa shape index (κ3) is 4.04. The summed E-state index contributed by atoms with van der Waals surface area (Å²) < 4.78 is 11.5. The monoisotopic (exact) mass is 258 g/mol. The third-order valence-electron chi connectivity index (χ3n) is 4.09. The van der Waals surface area contributed by atoms with Gasteiger partial charge in [-0.15, -0.1) is 0 Å². The zero-order valence-electron chi connectivity index (χ0n) is 11.1. The zero-order valence-corrected chi connectivity index (χ0v) is 11.9. The van der Waals surface area contributed by atoms with Crippen molar-refractivity contribution in [2.75, 3.05) is 44.2 Å². The first kappa shape index (κ1) is 13.5. The van der Waals surface area contributed by atoms with Crippen LogP contribution in [0.25, 0.3) is 0 Å². The van der Waals surface area contributed by atoms with Gasteiger partial charge in [0.05, 0.1) is 0 Å². The van der Waals surface area contributed by atoms with Crippen LogP contribution in [0.3, 0.4) is 0 Å². The molecular weight excluding hydrogens is 232 g/mol. The van der Waals surface area contributed by atoms with Crippen molar-refractivity contribution in [3.8, 4) is 0 Å². The highest BCUT2D eigenvalue weighted by molar-refractivity contribution is 7.84. The van der Waals surface area contributed by atoms with E-state index < -0.39 is 10.8 Å². The van der Waals surface area contributed by atoms with Crippen LogP contribution < -0.4 is 0 Å². The molecule has 2 fully saturated rings. The fraction of sp³-hybridized carbons (Fsp3) is 1.00. The van der Waals surface area contributed by atoms with Gasteiger partial charge in [0.2, 0.25) is 0 Å². The van der Waals surface area contributed by atoms with Crippen LogP contribution >= 0.6 is 0 Å². The molecule has 0 saturated carbocycles. The van der Waals surface area contributed by atoms with Crippen molar-refractivity contribution < 1.29 is 4.21 Å². The number of fused-ring (bicyclic) bond motifs is 1. The van der Waals surface area contributed by atoms with E-state index >= 15 is 0 Å². The first-order valence-electron chi connectivity index (χ1n) is 7.11. The molecule has 0 spiro atoms. The minimum absolute atomic E-state index is 0.599. The fourth-order valence-electron chi connectivity index (χ4n) is 3.03. The van der Waals surface area contributed by atoms with E-state index in [9.17, 15) is 4.21 Å². The Balaban J connectivity index is 1.81. The summed E-state index contributed by atoms with van der Waals surface area (Å²) in [5, 5.41) is 0. The van der Waals surface area contributed by atoms with Crippen molar-refractivity contribution in [3.63, 3.8) is 0 Å². The highest BCUT2D eigenvalue weighted by Crippen LogP contribution is 2.20. The summed E-state index contributed by atoms with van der Waals surface area (Å²) in [7, 11) is -0.599. The van der Waals surface area contributed by atoms with E-state index in [1.54, 1.807) is 0 Å². The van der Waals surface area contributed by atoms with Gasteiger partial charge in [-0.25, -0.2) is 0 Å². The Hall–Kier alpha value is 0.0700. The van der Waals surface area contributed by atoms with Gasteiger partial charge in [0.15, 0.2) is 0 Å². The maximum Gasteiger partial charge on any atom is 0.0362 e. The second kappa shape index (κ2) is 6.86. The summed E-state index contributed by atoms with van der Waals surface area (Å²) in [4.78, 5) is 5.23. The Morgan fingerprint density at radius 1 is 1.18 bits per heavy atom. The lowest BCUT2D eigenvalue weighted by Crippen LogP contribution is -2.44. The van der Waals surface area contributed by atoms with E-state index in [-0.39, 0.29) is 0 Å². The Labute approximate surface area is 108 Å². The Morgan fingerprint density at radius 3 is 2.82 bits per heavy atom. The predicted molar refractivity (Wildman–Crippen MR) is 73.8 cm³/mol. The van der Waals surface area contributed by atoms with Crippen LogP contribution in [-0.2, 0) is 10.8 Å². The molecule has 3 nitrogen and oxygen atoms in total. The molecule has 0 aromatic heterocycles. The average Bonchev–Trinajstić information content (AvgIpc) is 2.57. The minimum Gasteiger partial charge on any atom is -0.301 e. The highest BCUT2D eigenvalue weighted by atomic mass is 32.2. The maximum atomic E-state index is 11.5. The maximum absolute atomic E-state index is 11.5. The first-order valence-corrected chi connectivity index (χ1v) is 8.59. The topological polar surface area (TPSA) is 23.6 Å². The van der Waals surface area contributed by atoms with E-state index in [1.165, 1.54) is 51.9 Å². The molecule has 2 unspecified atom stereocenters.